The molecular weight excluding hydrogens is 200 g/mol. The molecule has 0 saturated heterocycles. The molecule has 0 N–H and O–H groups in total. The number of rotatable bonds is 3. The summed E-state index contributed by atoms with van der Waals surface area (Å²) in [6, 6.07) is 0. The predicted molar refractivity (Wildman–Crippen MR) is 66.4 cm³/mol. The SMILES string of the molecule is CC1CCC(OCC(=O)C(C)(C)C)CC1C. The van der Waals surface area contributed by atoms with Gasteiger partial charge in [0, 0.05) is 5.41 Å². The van der Waals surface area contributed by atoms with Crippen molar-refractivity contribution >= 4 is 5.78 Å². The summed E-state index contributed by atoms with van der Waals surface area (Å²) in [5, 5.41) is 0. The van der Waals surface area contributed by atoms with Crippen molar-refractivity contribution in [3.05, 3.63) is 0 Å². The second-order valence-corrected chi connectivity index (χ2v) is 6.37. The van der Waals surface area contributed by atoms with E-state index in [-0.39, 0.29) is 17.8 Å². The van der Waals surface area contributed by atoms with Crippen LogP contribution in [0.5, 0.6) is 0 Å². The Hall–Kier alpha value is -0.370. The van der Waals surface area contributed by atoms with Gasteiger partial charge in [0.2, 0.25) is 0 Å². The maximum absolute atomic E-state index is 11.7. The Morgan fingerprint density at radius 1 is 1.19 bits per heavy atom. The molecule has 16 heavy (non-hydrogen) atoms. The monoisotopic (exact) mass is 226 g/mol. The van der Waals surface area contributed by atoms with E-state index in [0.717, 1.165) is 24.7 Å². The number of hydrogen-bond donors (Lipinski definition) is 0. The van der Waals surface area contributed by atoms with Crippen LogP contribution in [0, 0.1) is 17.3 Å². The summed E-state index contributed by atoms with van der Waals surface area (Å²) in [7, 11) is 0. The zero-order valence-electron chi connectivity index (χ0n) is 11.4. The number of carbonyl (C=O) groups is 1. The van der Waals surface area contributed by atoms with Gasteiger partial charge in [-0.15, -0.1) is 0 Å². The van der Waals surface area contributed by atoms with Crippen molar-refractivity contribution < 1.29 is 9.53 Å². The zero-order valence-corrected chi connectivity index (χ0v) is 11.4. The van der Waals surface area contributed by atoms with Gasteiger partial charge < -0.3 is 4.74 Å². The molecule has 1 rings (SSSR count). The summed E-state index contributed by atoms with van der Waals surface area (Å²) >= 11 is 0. The van der Waals surface area contributed by atoms with Crippen molar-refractivity contribution in [2.45, 2.75) is 60.0 Å². The summed E-state index contributed by atoms with van der Waals surface area (Å²) in [6.07, 6.45) is 3.76. The average Bonchev–Trinajstić information content (AvgIpc) is 2.18. The van der Waals surface area contributed by atoms with Crippen molar-refractivity contribution in [3.8, 4) is 0 Å². The fourth-order valence-corrected chi connectivity index (χ4v) is 2.06. The number of carbonyl (C=O) groups excluding carboxylic acids is 1. The summed E-state index contributed by atoms with van der Waals surface area (Å²) < 4.78 is 5.74. The van der Waals surface area contributed by atoms with Gasteiger partial charge in [-0.3, -0.25) is 4.79 Å². The highest BCUT2D eigenvalue weighted by Gasteiger charge is 2.27. The van der Waals surface area contributed by atoms with Gasteiger partial charge in [0.25, 0.3) is 0 Å². The van der Waals surface area contributed by atoms with Gasteiger partial charge in [-0.1, -0.05) is 34.6 Å². The van der Waals surface area contributed by atoms with Crippen LogP contribution in [0.2, 0.25) is 0 Å². The fraction of sp³-hybridized carbons (Fsp3) is 0.929. The van der Waals surface area contributed by atoms with E-state index in [1.807, 2.05) is 20.8 Å². The predicted octanol–water partition coefficient (Wildman–Crippen LogP) is 3.44. The third kappa shape index (κ3) is 3.89. The Labute approximate surface area is 99.8 Å². The Morgan fingerprint density at radius 3 is 2.31 bits per heavy atom. The first-order valence-corrected chi connectivity index (χ1v) is 6.45. The molecule has 1 fully saturated rings. The summed E-state index contributed by atoms with van der Waals surface area (Å²) in [5.41, 5.74) is -0.270. The second-order valence-electron chi connectivity index (χ2n) is 6.37. The normalized spacial score (nSPS) is 31.4. The molecule has 94 valence electrons. The molecule has 0 bridgehead atoms. The van der Waals surface area contributed by atoms with Crippen LogP contribution in [0.25, 0.3) is 0 Å². The molecule has 0 radical (unpaired) electrons. The summed E-state index contributed by atoms with van der Waals surface area (Å²) in [4.78, 5) is 11.7. The van der Waals surface area contributed by atoms with Gasteiger partial charge >= 0.3 is 0 Å². The molecule has 1 saturated carbocycles. The van der Waals surface area contributed by atoms with E-state index in [0.29, 0.717) is 6.10 Å². The molecule has 1 aliphatic carbocycles. The van der Waals surface area contributed by atoms with Crippen LogP contribution >= 0.6 is 0 Å². The number of ketones is 1. The van der Waals surface area contributed by atoms with E-state index in [9.17, 15) is 4.79 Å². The first kappa shape index (κ1) is 13.7. The van der Waals surface area contributed by atoms with Gasteiger partial charge in [-0.05, 0) is 31.1 Å². The summed E-state index contributed by atoms with van der Waals surface area (Å²) in [5.74, 6) is 1.74. The maximum Gasteiger partial charge on any atom is 0.163 e. The van der Waals surface area contributed by atoms with E-state index in [2.05, 4.69) is 13.8 Å². The van der Waals surface area contributed by atoms with Crippen LogP contribution < -0.4 is 0 Å². The molecule has 0 aromatic carbocycles. The van der Waals surface area contributed by atoms with Crippen LogP contribution in [0.3, 0.4) is 0 Å². The highest BCUT2D eigenvalue weighted by atomic mass is 16.5. The standard InChI is InChI=1S/C14H26O2/c1-10-6-7-12(8-11(10)2)16-9-13(15)14(3,4)5/h10-12H,6-9H2,1-5H3. The first-order chi connectivity index (χ1) is 7.30. The van der Waals surface area contributed by atoms with E-state index in [1.165, 1.54) is 6.42 Å². The van der Waals surface area contributed by atoms with E-state index < -0.39 is 0 Å². The minimum atomic E-state index is -0.270. The highest BCUT2D eigenvalue weighted by Crippen LogP contribution is 2.31. The molecule has 0 aromatic rings. The summed E-state index contributed by atoms with van der Waals surface area (Å²) in [6.45, 7) is 10.7. The van der Waals surface area contributed by atoms with Crippen LogP contribution in [-0.2, 0) is 9.53 Å². The topological polar surface area (TPSA) is 26.3 Å². The van der Waals surface area contributed by atoms with E-state index >= 15 is 0 Å². The third-order valence-electron chi connectivity index (χ3n) is 3.84. The van der Waals surface area contributed by atoms with Gasteiger partial charge in [-0.2, -0.15) is 0 Å². The largest absolute Gasteiger partial charge is 0.370 e. The average molecular weight is 226 g/mol. The smallest absolute Gasteiger partial charge is 0.163 e. The van der Waals surface area contributed by atoms with Crippen LogP contribution in [0.15, 0.2) is 0 Å². The van der Waals surface area contributed by atoms with Crippen molar-refractivity contribution in [1.29, 1.82) is 0 Å². The fourth-order valence-electron chi connectivity index (χ4n) is 2.06. The van der Waals surface area contributed by atoms with Crippen molar-refractivity contribution in [2.24, 2.45) is 17.3 Å². The van der Waals surface area contributed by atoms with Crippen molar-refractivity contribution in [2.75, 3.05) is 6.61 Å². The number of hydrogen-bond acceptors (Lipinski definition) is 2. The van der Waals surface area contributed by atoms with Gasteiger partial charge in [0.15, 0.2) is 5.78 Å². The maximum atomic E-state index is 11.7. The lowest BCUT2D eigenvalue weighted by molar-refractivity contribution is -0.134. The van der Waals surface area contributed by atoms with Gasteiger partial charge in [0.1, 0.15) is 6.61 Å². The molecule has 0 spiro atoms. The quantitative estimate of drug-likeness (QED) is 0.737. The minimum absolute atomic E-state index is 0.207. The van der Waals surface area contributed by atoms with Crippen molar-refractivity contribution in [3.63, 3.8) is 0 Å². The van der Waals surface area contributed by atoms with E-state index in [4.69, 9.17) is 4.74 Å². The highest BCUT2D eigenvalue weighted by molar-refractivity contribution is 5.84. The van der Waals surface area contributed by atoms with Crippen LogP contribution in [0.4, 0.5) is 0 Å². The third-order valence-corrected chi connectivity index (χ3v) is 3.84. The molecular formula is C14H26O2. The molecule has 2 heteroatoms. The second kappa shape index (κ2) is 5.31. The lowest BCUT2D eigenvalue weighted by Crippen LogP contribution is -2.31. The van der Waals surface area contributed by atoms with E-state index in [1.54, 1.807) is 0 Å². The molecule has 3 atom stereocenters. The van der Waals surface area contributed by atoms with Crippen LogP contribution in [-0.4, -0.2) is 18.5 Å². The van der Waals surface area contributed by atoms with Crippen molar-refractivity contribution in [1.82, 2.24) is 0 Å². The number of ether oxygens (including phenoxy) is 1. The molecule has 2 nitrogen and oxygen atoms in total. The molecule has 0 aliphatic heterocycles. The van der Waals surface area contributed by atoms with Gasteiger partial charge in [-0.25, -0.2) is 0 Å². The lowest BCUT2D eigenvalue weighted by atomic mass is 9.80. The molecule has 0 heterocycles. The zero-order chi connectivity index (χ0) is 12.3. The molecule has 1 aliphatic rings. The Morgan fingerprint density at radius 2 is 1.81 bits per heavy atom. The Balaban J connectivity index is 2.32. The Bertz CT molecular complexity index is 240. The number of Topliss-reactive ketones (excluding diaryl/α,β-unsaturated/α-hetero) is 1. The van der Waals surface area contributed by atoms with Gasteiger partial charge in [0.05, 0.1) is 6.10 Å². The van der Waals surface area contributed by atoms with Crippen LogP contribution in [0.1, 0.15) is 53.9 Å². The lowest BCUT2D eigenvalue weighted by Gasteiger charge is -2.32. The molecule has 3 unspecified atom stereocenters. The molecule has 0 amide bonds. The minimum Gasteiger partial charge on any atom is -0.370 e. The Kier molecular flexibility index (Phi) is 4.54. The first-order valence-electron chi connectivity index (χ1n) is 6.45. The molecule has 0 aromatic heterocycles.